The minimum Gasteiger partial charge on any atom is -0.497 e. The fourth-order valence-corrected chi connectivity index (χ4v) is 4.09. The lowest BCUT2D eigenvalue weighted by Gasteiger charge is -2.12. The van der Waals surface area contributed by atoms with Crippen LogP contribution in [-0.4, -0.2) is 27.2 Å². The fraction of sp³-hybridized carbons (Fsp3) is 0.207. The van der Waals surface area contributed by atoms with Crippen molar-refractivity contribution in [3.8, 4) is 28.4 Å². The molecule has 0 spiro atoms. The third kappa shape index (κ3) is 4.73. The molecule has 1 N–H and O–H groups in total. The van der Waals surface area contributed by atoms with Gasteiger partial charge in [-0.25, -0.2) is 0 Å². The van der Waals surface area contributed by atoms with Gasteiger partial charge in [0.1, 0.15) is 22.8 Å². The summed E-state index contributed by atoms with van der Waals surface area (Å²) in [5, 5.41) is 3.85. The van der Waals surface area contributed by atoms with E-state index in [-0.39, 0.29) is 5.91 Å². The van der Waals surface area contributed by atoms with Crippen LogP contribution in [0.2, 0.25) is 0 Å². The molecule has 1 aromatic heterocycles. The number of rotatable bonds is 7. The van der Waals surface area contributed by atoms with Gasteiger partial charge in [-0.2, -0.15) is 0 Å². The number of hydrogen-bond acceptors (Lipinski definition) is 5. The molecule has 0 bridgehead atoms. The number of anilines is 1. The Labute approximate surface area is 205 Å². The zero-order valence-corrected chi connectivity index (χ0v) is 20.8. The first kappa shape index (κ1) is 24.0. The second kappa shape index (κ2) is 9.97. The zero-order chi connectivity index (χ0) is 25.1. The standard InChI is InChI=1S/C29H29NO5/c1-17-8-7-9-25(19(17)3)30-29(31)12-18(2)21-14-23-24(16-35-28(23)15-27(21)34-6)22-13-20(32-4)10-11-26(22)33-5/h7-16H,1-6H3,(H,30,31)/b18-12+. The Morgan fingerprint density at radius 3 is 2.40 bits per heavy atom. The average Bonchev–Trinajstić information content (AvgIpc) is 3.28. The van der Waals surface area contributed by atoms with E-state index in [4.69, 9.17) is 18.6 Å². The van der Waals surface area contributed by atoms with Crippen molar-refractivity contribution in [2.75, 3.05) is 26.6 Å². The molecule has 180 valence electrons. The molecule has 35 heavy (non-hydrogen) atoms. The van der Waals surface area contributed by atoms with Crippen LogP contribution in [0.4, 0.5) is 5.69 Å². The molecule has 0 fully saturated rings. The molecular formula is C29H29NO5. The van der Waals surface area contributed by atoms with Crippen molar-refractivity contribution in [3.63, 3.8) is 0 Å². The van der Waals surface area contributed by atoms with Crippen molar-refractivity contribution in [2.24, 2.45) is 0 Å². The highest BCUT2D eigenvalue weighted by molar-refractivity contribution is 6.06. The lowest BCUT2D eigenvalue weighted by molar-refractivity contribution is -0.111. The van der Waals surface area contributed by atoms with Gasteiger partial charge in [-0.15, -0.1) is 0 Å². The number of carbonyl (C=O) groups excluding carboxylic acids is 1. The van der Waals surface area contributed by atoms with Crippen molar-refractivity contribution in [1.29, 1.82) is 0 Å². The van der Waals surface area contributed by atoms with Crippen molar-refractivity contribution in [2.45, 2.75) is 20.8 Å². The van der Waals surface area contributed by atoms with Crippen LogP contribution in [0.3, 0.4) is 0 Å². The monoisotopic (exact) mass is 471 g/mol. The smallest absolute Gasteiger partial charge is 0.248 e. The number of aryl methyl sites for hydroxylation is 1. The molecule has 0 unspecified atom stereocenters. The number of methoxy groups -OCH3 is 3. The number of nitrogens with one attached hydrogen (secondary N) is 1. The number of carbonyl (C=O) groups is 1. The van der Waals surface area contributed by atoms with E-state index in [0.717, 1.165) is 44.5 Å². The van der Waals surface area contributed by atoms with Crippen molar-refractivity contribution >= 4 is 28.1 Å². The summed E-state index contributed by atoms with van der Waals surface area (Å²) in [4.78, 5) is 12.8. The van der Waals surface area contributed by atoms with Crippen LogP contribution in [0.5, 0.6) is 17.2 Å². The van der Waals surface area contributed by atoms with Gasteiger partial charge in [0.2, 0.25) is 5.91 Å². The maximum Gasteiger partial charge on any atom is 0.248 e. The molecule has 0 aliphatic heterocycles. The minimum atomic E-state index is -0.208. The van der Waals surface area contributed by atoms with Crippen LogP contribution < -0.4 is 19.5 Å². The molecule has 1 amide bonds. The van der Waals surface area contributed by atoms with Crippen LogP contribution in [0.25, 0.3) is 27.7 Å². The van der Waals surface area contributed by atoms with E-state index >= 15 is 0 Å². The molecule has 4 rings (SSSR count). The van der Waals surface area contributed by atoms with Crippen molar-refractivity contribution in [3.05, 3.63) is 77.6 Å². The molecule has 1 heterocycles. The zero-order valence-electron chi connectivity index (χ0n) is 20.8. The summed E-state index contributed by atoms with van der Waals surface area (Å²) in [7, 11) is 4.85. The van der Waals surface area contributed by atoms with Gasteiger partial charge in [0, 0.05) is 39.9 Å². The Kier molecular flexibility index (Phi) is 6.82. The van der Waals surface area contributed by atoms with Crippen molar-refractivity contribution < 1.29 is 23.4 Å². The molecule has 6 nitrogen and oxygen atoms in total. The third-order valence-electron chi connectivity index (χ3n) is 6.23. The summed E-state index contributed by atoms with van der Waals surface area (Å²) in [6.45, 7) is 5.90. The first-order chi connectivity index (χ1) is 16.9. The molecule has 0 radical (unpaired) electrons. The summed E-state index contributed by atoms with van der Waals surface area (Å²) in [5.74, 6) is 1.82. The van der Waals surface area contributed by atoms with Crippen LogP contribution >= 0.6 is 0 Å². The first-order valence-electron chi connectivity index (χ1n) is 11.2. The highest BCUT2D eigenvalue weighted by atomic mass is 16.5. The predicted octanol–water partition coefficient (Wildman–Crippen LogP) is 6.78. The first-order valence-corrected chi connectivity index (χ1v) is 11.2. The number of amides is 1. The van der Waals surface area contributed by atoms with Crippen molar-refractivity contribution in [1.82, 2.24) is 0 Å². The summed E-state index contributed by atoms with van der Waals surface area (Å²) >= 11 is 0. The Hall–Kier alpha value is -4.19. The number of ether oxygens (including phenoxy) is 3. The van der Waals surface area contributed by atoms with Crippen LogP contribution in [0, 0.1) is 13.8 Å². The van der Waals surface area contributed by atoms with Crippen LogP contribution in [0.15, 0.2) is 65.3 Å². The summed E-state index contributed by atoms with van der Waals surface area (Å²) in [6, 6.07) is 15.3. The number of furan rings is 1. The Balaban J connectivity index is 1.76. The Morgan fingerprint density at radius 1 is 0.914 bits per heavy atom. The SMILES string of the molecule is COc1ccc(OC)c(-c2coc3cc(OC)c(/C(C)=C/C(=O)Nc4cccc(C)c4C)cc23)c1. The van der Waals surface area contributed by atoms with E-state index in [1.807, 2.05) is 69.3 Å². The molecule has 3 aromatic carbocycles. The van der Waals surface area contributed by atoms with E-state index < -0.39 is 0 Å². The summed E-state index contributed by atoms with van der Waals surface area (Å²) in [6.07, 6.45) is 3.27. The van der Waals surface area contributed by atoms with Gasteiger partial charge in [0.15, 0.2) is 0 Å². The molecular weight excluding hydrogens is 442 g/mol. The van der Waals surface area contributed by atoms with E-state index in [2.05, 4.69) is 5.32 Å². The van der Waals surface area contributed by atoms with Gasteiger partial charge in [0.05, 0.1) is 27.6 Å². The highest BCUT2D eigenvalue weighted by Gasteiger charge is 2.18. The van der Waals surface area contributed by atoms with Gasteiger partial charge in [-0.1, -0.05) is 12.1 Å². The van der Waals surface area contributed by atoms with E-state index in [1.165, 1.54) is 0 Å². The Bertz CT molecular complexity index is 1430. The molecule has 0 atom stereocenters. The predicted molar refractivity (Wildman–Crippen MR) is 140 cm³/mol. The maximum absolute atomic E-state index is 12.8. The van der Waals surface area contributed by atoms with Crippen LogP contribution in [0.1, 0.15) is 23.6 Å². The lowest BCUT2D eigenvalue weighted by Crippen LogP contribution is -2.10. The molecule has 0 saturated heterocycles. The number of hydrogen-bond donors (Lipinski definition) is 1. The second-order valence-corrected chi connectivity index (χ2v) is 8.33. The van der Waals surface area contributed by atoms with E-state index in [0.29, 0.717) is 22.8 Å². The highest BCUT2D eigenvalue weighted by Crippen LogP contribution is 2.41. The van der Waals surface area contributed by atoms with Gasteiger partial charge in [-0.3, -0.25) is 4.79 Å². The number of benzene rings is 3. The second-order valence-electron chi connectivity index (χ2n) is 8.33. The Morgan fingerprint density at radius 2 is 1.69 bits per heavy atom. The summed E-state index contributed by atoms with van der Waals surface area (Å²) in [5.41, 5.74) is 6.87. The quantitative estimate of drug-likeness (QED) is 0.301. The number of allylic oxidation sites excluding steroid dienone is 1. The van der Waals surface area contributed by atoms with E-state index in [9.17, 15) is 4.79 Å². The van der Waals surface area contributed by atoms with Crippen LogP contribution in [-0.2, 0) is 4.79 Å². The molecule has 6 heteroatoms. The summed E-state index contributed by atoms with van der Waals surface area (Å²) < 4.78 is 22.5. The number of fused-ring (bicyclic) bond motifs is 1. The van der Waals surface area contributed by atoms with Gasteiger partial charge >= 0.3 is 0 Å². The molecule has 0 saturated carbocycles. The third-order valence-corrected chi connectivity index (χ3v) is 6.23. The normalized spacial score (nSPS) is 11.4. The van der Waals surface area contributed by atoms with E-state index in [1.54, 1.807) is 33.7 Å². The lowest BCUT2D eigenvalue weighted by atomic mass is 9.98. The van der Waals surface area contributed by atoms with Gasteiger partial charge < -0.3 is 23.9 Å². The van der Waals surface area contributed by atoms with Gasteiger partial charge in [-0.05, 0) is 67.8 Å². The maximum atomic E-state index is 12.8. The topological polar surface area (TPSA) is 69.9 Å². The fourth-order valence-electron chi connectivity index (χ4n) is 4.09. The largest absolute Gasteiger partial charge is 0.497 e. The van der Waals surface area contributed by atoms with Gasteiger partial charge in [0.25, 0.3) is 0 Å². The molecule has 4 aromatic rings. The molecule has 0 aliphatic rings. The average molecular weight is 472 g/mol. The minimum absolute atomic E-state index is 0.208. The molecule has 0 aliphatic carbocycles.